The molecule has 1 heterocycles. The van der Waals surface area contributed by atoms with Crippen molar-refractivity contribution in [3.63, 3.8) is 0 Å². The van der Waals surface area contributed by atoms with Crippen LogP contribution in [0.3, 0.4) is 0 Å². The van der Waals surface area contributed by atoms with Gasteiger partial charge in [-0.1, -0.05) is 29.8 Å². The van der Waals surface area contributed by atoms with Gasteiger partial charge in [-0.05, 0) is 43.3 Å². The van der Waals surface area contributed by atoms with Crippen LogP contribution in [0.5, 0.6) is 0 Å². The van der Waals surface area contributed by atoms with E-state index in [1.165, 1.54) is 36.4 Å². The average Bonchev–Trinajstić information content (AvgIpc) is 2.71. The first-order valence-electron chi connectivity index (χ1n) is 9.19. The molecule has 168 valence electrons. The van der Waals surface area contributed by atoms with Gasteiger partial charge in [0.2, 0.25) is 0 Å². The van der Waals surface area contributed by atoms with E-state index < -0.39 is 41.2 Å². The van der Waals surface area contributed by atoms with E-state index in [4.69, 9.17) is 11.6 Å². The predicted octanol–water partition coefficient (Wildman–Crippen LogP) is 3.73. The van der Waals surface area contributed by atoms with Crippen LogP contribution < -0.4 is 10.9 Å². The van der Waals surface area contributed by atoms with Crippen LogP contribution in [-0.4, -0.2) is 39.1 Å². The summed E-state index contributed by atoms with van der Waals surface area (Å²) in [6.07, 6.45) is -6.93. The number of amides is 1. The van der Waals surface area contributed by atoms with Crippen LogP contribution in [0.4, 0.5) is 17.6 Å². The summed E-state index contributed by atoms with van der Waals surface area (Å²) in [5.41, 5.74) is -1.34. The van der Waals surface area contributed by atoms with E-state index >= 15 is 0 Å². The maximum atomic E-state index is 13.7. The Morgan fingerprint density at radius 1 is 1.16 bits per heavy atom. The molecule has 11 heteroatoms. The molecule has 6 nitrogen and oxygen atoms in total. The van der Waals surface area contributed by atoms with Crippen molar-refractivity contribution in [2.45, 2.75) is 25.2 Å². The number of hydrogen-bond donors (Lipinski definition) is 2. The molecule has 2 unspecified atom stereocenters. The number of nitrogens with one attached hydrogen (secondary N) is 1. The lowest BCUT2D eigenvalue weighted by molar-refractivity contribution is -0.172. The van der Waals surface area contributed by atoms with Crippen LogP contribution in [0.1, 0.15) is 17.3 Å². The molecule has 0 bridgehead atoms. The van der Waals surface area contributed by atoms with Crippen molar-refractivity contribution in [3.8, 4) is 16.9 Å². The summed E-state index contributed by atoms with van der Waals surface area (Å²) in [5, 5.41) is 15.6. The Bertz CT molecular complexity index is 1190. The summed E-state index contributed by atoms with van der Waals surface area (Å²) in [5.74, 6) is -2.06. The number of nitrogens with zero attached hydrogens (tertiary/aromatic N) is 2. The zero-order valence-electron chi connectivity index (χ0n) is 16.4. The molecule has 2 N–H and O–H groups in total. The summed E-state index contributed by atoms with van der Waals surface area (Å²) in [6, 6.07) is 9.27. The second-order valence-corrected chi connectivity index (χ2v) is 7.32. The van der Waals surface area contributed by atoms with E-state index in [0.717, 1.165) is 25.1 Å². The minimum atomic E-state index is -4.96. The highest BCUT2D eigenvalue weighted by Crippen LogP contribution is 2.24. The van der Waals surface area contributed by atoms with Crippen molar-refractivity contribution in [1.29, 1.82) is 0 Å². The predicted molar refractivity (Wildman–Crippen MR) is 109 cm³/mol. The number of rotatable bonds is 5. The summed E-state index contributed by atoms with van der Waals surface area (Å²) in [6.45, 7) is 0.856. The molecule has 0 saturated carbocycles. The highest BCUT2D eigenvalue weighted by Gasteiger charge is 2.44. The standard InChI is InChI=1S/C21H16ClF4N3O3/c1-11(30)18(21(24,25)26)27-19(31)16-10-17(12-5-7-13(22)8-6-12)28-29(20(16)32)15-4-2-3-14(23)9-15/h2-11,18,30H,1H3,(H,27,31). The van der Waals surface area contributed by atoms with E-state index in [0.29, 0.717) is 15.3 Å². The van der Waals surface area contributed by atoms with E-state index in [2.05, 4.69) is 5.10 Å². The van der Waals surface area contributed by atoms with Crippen LogP contribution in [0, 0.1) is 5.82 Å². The third kappa shape index (κ3) is 5.14. The Morgan fingerprint density at radius 3 is 2.38 bits per heavy atom. The van der Waals surface area contributed by atoms with Crippen LogP contribution in [0.15, 0.2) is 59.4 Å². The van der Waals surface area contributed by atoms with Gasteiger partial charge in [0.05, 0.1) is 17.5 Å². The van der Waals surface area contributed by atoms with Gasteiger partial charge in [0.15, 0.2) is 6.04 Å². The number of aliphatic hydroxyl groups is 1. The summed E-state index contributed by atoms with van der Waals surface area (Å²) < 4.78 is 54.0. The number of aromatic nitrogens is 2. The van der Waals surface area contributed by atoms with E-state index in [1.54, 1.807) is 5.32 Å². The second kappa shape index (κ2) is 9.09. The molecule has 2 atom stereocenters. The van der Waals surface area contributed by atoms with Gasteiger partial charge in [-0.15, -0.1) is 0 Å². The van der Waals surface area contributed by atoms with Crippen LogP contribution in [0.2, 0.25) is 5.02 Å². The molecule has 0 aliphatic rings. The lowest BCUT2D eigenvalue weighted by Crippen LogP contribution is -2.52. The van der Waals surface area contributed by atoms with E-state index in [9.17, 15) is 32.3 Å². The third-order valence-corrected chi connectivity index (χ3v) is 4.72. The quantitative estimate of drug-likeness (QED) is 0.558. The summed E-state index contributed by atoms with van der Waals surface area (Å²) in [7, 11) is 0. The first kappa shape index (κ1) is 23.4. The fraction of sp³-hybridized carbons (Fsp3) is 0.190. The molecule has 3 aromatic rings. The van der Waals surface area contributed by atoms with Crippen molar-refractivity contribution >= 4 is 17.5 Å². The lowest BCUT2D eigenvalue weighted by atomic mass is 10.1. The summed E-state index contributed by atoms with van der Waals surface area (Å²) in [4.78, 5) is 25.6. The Labute approximate surface area is 184 Å². The number of alkyl halides is 3. The molecule has 1 aromatic heterocycles. The van der Waals surface area contributed by atoms with Crippen LogP contribution in [-0.2, 0) is 0 Å². The SMILES string of the molecule is CC(O)C(NC(=O)c1cc(-c2ccc(Cl)cc2)nn(-c2cccc(F)c2)c1=O)C(F)(F)F. The smallest absolute Gasteiger partial charge is 0.391 e. The first-order valence-corrected chi connectivity index (χ1v) is 9.57. The number of benzene rings is 2. The highest BCUT2D eigenvalue weighted by atomic mass is 35.5. The minimum Gasteiger partial charge on any atom is -0.391 e. The Balaban J connectivity index is 2.17. The van der Waals surface area contributed by atoms with Crippen LogP contribution in [0.25, 0.3) is 16.9 Å². The molecule has 1 amide bonds. The van der Waals surface area contributed by atoms with Gasteiger partial charge in [-0.3, -0.25) is 9.59 Å². The fourth-order valence-corrected chi connectivity index (χ4v) is 3.02. The second-order valence-electron chi connectivity index (χ2n) is 6.88. The van der Waals surface area contributed by atoms with Gasteiger partial charge in [0, 0.05) is 10.6 Å². The number of hydrogen-bond acceptors (Lipinski definition) is 4. The van der Waals surface area contributed by atoms with Crippen molar-refractivity contribution in [3.05, 3.63) is 81.4 Å². The zero-order chi connectivity index (χ0) is 23.6. The maximum absolute atomic E-state index is 13.7. The molecule has 32 heavy (non-hydrogen) atoms. The maximum Gasteiger partial charge on any atom is 0.411 e. The van der Waals surface area contributed by atoms with Gasteiger partial charge < -0.3 is 10.4 Å². The number of halogens is 5. The van der Waals surface area contributed by atoms with Crippen molar-refractivity contribution < 1.29 is 27.5 Å². The van der Waals surface area contributed by atoms with Gasteiger partial charge in [0.25, 0.3) is 11.5 Å². The summed E-state index contributed by atoms with van der Waals surface area (Å²) >= 11 is 5.87. The number of carbonyl (C=O) groups is 1. The molecule has 0 fully saturated rings. The largest absolute Gasteiger partial charge is 0.411 e. The molecule has 0 spiro atoms. The first-order chi connectivity index (χ1) is 15.0. The van der Waals surface area contributed by atoms with Gasteiger partial charge in [-0.2, -0.15) is 23.0 Å². The van der Waals surface area contributed by atoms with Gasteiger partial charge in [0.1, 0.15) is 11.4 Å². The Morgan fingerprint density at radius 2 is 1.81 bits per heavy atom. The minimum absolute atomic E-state index is 0.0391. The van der Waals surface area contributed by atoms with Gasteiger partial charge >= 0.3 is 6.18 Å². The molecule has 0 saturated heterocycles. The van der Waals surface area contributed by atoms with Crippen LogP contribution >= 0.6 is 11.6 Å². The average molecular weight is 470 g/mol. The molecular weight excluding hydrogens is 454 g/mol. The molecule has 2 aromatic carbocycles. The normalized spacial score (nSPS) is 13.5. The lowest BCUT2D eigenvalue weighted by Gasteiger charge is -2.24. The molecule has 0 aliphatic carbocycles. The molecule has 3 rings (SSSR count). The van der Waals surface area contributed by atoms with Crippen molar-refractivity contribution in [2.75, 3.05) is 0 Å². The number of carbonyl (C=O) groups excluding carboxylic acids is 1. The zero-order valence-corrected chi connectivity index (χ0v) is 17.2. The van der Waals surface area contributed by atoms with E-state index in [-0.39, 0.29) is 11.4 Å². The number of aliphatic hydroxyl groups excluding tert-OH is 1. The topological polar surface area (TPSA) is 84.2 Å². The van der Waals surface area contributed by atoms with Crippen molar-refractivity contribution in [2.24, 2.45) is 0 Å². The Kier molecular flexibility index (Phi) is 6.65. The van der Waals surface area contributed by atoms with Gasteiger partial charge in [-0.25, -0.2) is 4.39 Å². The van der Waals surface area contributed by atoms with Crippen molar-refractivity contribution in [1.82, 2.24) is 15.1 Å². The third-order valence-electron chi connectivity index (χ3n) is 4.47. The molecule has 0 radical (unpaired) electrons. The highest BCUT2D eigenvalue weighted by molar-refractivity contribution is 6.30. The molecular formula is C21H16ClF4N3O3. The monoisotopic (exact) mass is 469 g/mol. The molecule has 0 aliphatic heterocycles. The fourth-order valence-electron chi connectivity index (χ4n) is 2.90. The van der Waals surface area contributed by atoms with E-state index in [1.807, 2.05) is 0 Å². The Hall–Kier alpha value is -3.24.